The molecular formula is C25H30N6O5S. The second-order valence-corrected chi connectivity index (χ2v) is 12.2. The zero-order chi connectivity index (χ0) is 26.4. The molecule has 1 aliphatic heterocycles. The van der Waals surface area contributed by atoms with Gasteiger partial charge in [-0.25, -0.2) is 22.9 Å². The highest BCUT2D eigenvalue weighted by Gasteiger charge is 2.41. The summed E-state index contributed by atoms with van der Waals surface area (Å²) in [6.07, 6.45) is 5.98. The third kappa shape index (κ3) is 4.97. The Morgan fingerprint density at radius 3 is 2.51 bits per heavy atom. The Hall–Kier alpha value is -3.67. The quantitative estimate of drug-likeness (QED) is 0.466. The van der Waals surface area contributed by atoms with Gasteiger partial charge in [0.2, 0.25) is 5.95 Å². The van der Waals surface area contributed by atoms with Gasteiger partial charge in [0.15, 0.2) is 0 Å². The van der Waals surface area contributed by atoms with E-state index in [9.17, 15) is 18.0 Å². The molecule has 2 aliphatic rings. The summed E-state index contributed by atoms with van der Waals surface area (Å²) < 4.78 is 35.8. The van der Waals surface area contributed by atoms with Gasteiger partial charge < -0.3 is 14.6 Å². The Morgan fingerprint density at radius 2 is 1.84 bits per heavy atom. The van der Waals surface area contributed by atoms with E-state index in [0.717, 1.165) is 32.1 Å². The van der Waals surface area contributed by atoms with Gasteiger partial charge in [0, 0.05) is 23.8 Å². The molecule has 12 heteroatoms. The summed E-state index contributed by atoms with van der Waals surface area (Å²) >= 11 is 0. The molecule has 1 aliphatic carbocycles. The van der Waals surface area contributed by atoms with Crippen LogP contribution in [-0.4, -0.2) is 47.1 Å². The molecule has 0 unspecified atom stereocenters. The van der Waals surface area contributed by atoms with Crippen molar-refractivity contribution >= 4 is 44.7 Å². The number of carbonyl (C=O) groups excluding carboxylic acids is 2. The van der Waals surface area contributed by atoms with Crippen molar-refractivity contribution in [1.29, 1.82) is 0 Å². The summed E-state index contributed by atoms with van der Waals surface area (Å²) in [5, 5.41) is 6.25. The lowest BCUT2D eigenvalue weighted by Crippen LogP contribution is -2.52. The van der Waals surface area contributed by atoms with Gasteiger partial charge >= 0.3 is 6.09 Å². The number of sulfonamides is 1. The van der Waals surface area contributed by atoms with Crippen molar-refractivity contribution in [3.63, 3.8) is 0 Å². The second-order valence-electron chi connectivity index (χ2n) is 10.6. The monoisotopic (exact) mass is 526 g/mol. The largest absolute Gasteiger partial charge is 0.444 e. The standard InChI is InChI=1S/C25H30N6O5S/c1-24(2,3)36-23(33)28-17-7-9-18(10-8-17)37(34,35)30-22-26-14-16-13-19-21(32)27-15-25(11-5-4-6-12-25)31(19)20(16)29-22/h7-10,13-14H,4-6,11-12,15H2,1-3H3,(H,27,32)(H,28,33)(H,26,29,30). The van der Waals surface area contributed by atoms with Crippen LogP contribution in [0.25, 0.3) is 11.0 Å². The van der Waals surface area contributed by atoms with Gasteiger partial charge in [-0.15, -0.1) is 0 Å². The minimum atomic E-state index is -4.01. The summed E-state index contributed by atoms with van der Waals surface area (Å²) in [6.45, 7) is 5.78. The van der Waals surface area contributed by atoms with E-state index in [1.165, 1.54) is 30.5 Å². The van der Waals surface area contributed by atoms with Crippen molar-refractivity contribution in [2.24, 2.45) is 0 Å². The highest BCUT2D eigenvalue weighted by Crippen LogP contribution is 2.40. The van der Waals surface area contributed by atoms with Crippen LogP contribution in [0, 0.1) is 0 Å². The van der Waals surface area contributed by atoms with E-state index >= 15 is 0 Å². The third-order valence-corrected chi connectivity index (χ3v) is 7.99. The molecular weight excluding hydrogens is 496 g/mol. The van der Waals surface area contributed by atoms with E-state index in [1.54, 1.807) is 26.8 Å². The number of fused-ring (bicyclic) bond motifs is 4. The first kappa shape index (κ1) is 25.0. The number of anilines is 2. The molecule has 3 N–H and O–H groups in total. The molecule has 196 valence electrons. The first-order chi connectivity index (χ1) is 17.5. The van der Waals surface area contributed by atoms with Crippen LogP contribution in [0.15, 0.2) is 41.4 Å². The van der Waals surface area contributed by atoms with Crippen LogP contribution >= 0.6 is 0 Å². The summed E-state index contributed by atoms with van der Waals surface area (Å²) in [7, 11) is -4.01. The summed E-state index contributed by atoms with van der Waals surface area (Å²) in [6, 6.07) is 7.44. The molecule has 0 bridgehead atoms. The van der Waals surface area contributed by atoms with Crippen molar-refractivity contribution in [2.75, 3.05) is 16.6 Å². The van der Waals surface area contributed by atoms with Crippen molar-refractivity contribution in [3.05, 3.63) is 42.2 Å². The maximum Gasteiger partial charge on any atom is 0.412 e. The Balaban J connectivity index is 1.40. The Labute approximate surface area is 215 Å². The van der Waals surface area contributed by atoms with Gasteiger partial charge in [0.05, 0.1) is 10.4 Å². The fourth-order valence-electron chi connectivity index (χ4n) is 5.03. The second kappa shape index (κ2) is 9.02. The molecule has 0 radical (unpaired) electrons. The molecule has 1 aromatic carbocycles. The van der Waals surface area contributed by atoms with Crippen molar-refractivity contribution in [3.8, 4) is 0 Å². The molecule has 3 heterocycles. The van der Waals surface area contributed by atoms with E-state index in [0.29, 0.717) is 29.0 Å². The fraction of sp³-hybridized carbons (Fsp3) is 0.440. The Bertz CT molecular complexity index is 1470. The molecule has 0 saturated heterocycles. The number of amides is 2. The topological polar surface area (TPSA) is 144 Å². The number of nitrogens with one attached hydrogen (secondary N) is 3. The minimum absolute atomic E-state index is 0.0220. The highest BCUT2D eigenvalue weighted by molar-refractivity contribution is 7.92. The van der Waals surface area contributed by atoms with Crippen molar-refractivity contribution in [1.82, 2.24) is 19.9 Å². The SMILES string of the molecule is CC(C)(C)OC(=O)Nc1ccc(S(=O)(=O)Nc2ncc3cc4n(c3n2)C2(CCCCC2)CNC4=O)cc1. The fourth-order valence-corrected chi connectivity index (χ4v) is 5.98. The van der Waals surface area contributed by atoms with Crippen LogP contribution in [-0.2, 0) is 20.3 Å². The van der Waals surface area contributed by atoms with Gasteiger partial charge in [0.25, 0.3) is 15.9 Å². The lowest BCUT2D eigenvalue weighted by Gasteiger charge is -2.42. The van der Waals surface area contributed by atoms with Crippen LogP contribution in [0.3, 0.4) is 0 Å². The van der Waals surface area contributed by atoms with E-state index in [1.807, 2.05) is 4.57 Å². The molecule has 1 saturated carbocycles. The average molecular weight is 527 g/mol. The molecule has 37 heavy (non-hydrogen) atoms. The van der Waals surface area contributed by atoms with Gasteiger partial charge in [-0.3, -0.25) is 10.1 Å². The first-order valence-corrected chi connectivity index (χ1v) is 13.7. The minimum Gasteiger partial charge on any atom is -0.444 e. The summed E-state index contributed by atoms with van der Waals surface area (Å²) in [5.41, 5.74) is 0.520. The third-order valence-electron chi connectivity index (χ3n) is 6.65. The zero-order valence-corrected chi connectivity index (χ0v) is 21.8. The number of nitrogens with zero attached hydrogens (tertiary/aromatic N) is 3. The molecule has 0 atom stereocenters. The Kier molecular flexibility index (Phi) is 6.09. The lowest BCUT2D eigenvalue weighted by molar-refractivity contribution is 0.0635. The van der Waals surface area contributed by atoms with Crippen LogP contribution in [0.4, 0.5) is 16.4 Å². The zero-order valence-electron chi connectivity index (χ0n) is 21.0. The van der Waals surface area contributed by atoms with Gasteiger partial charge in [-0.05, 0) is 63.9 Å². The normalized spacial score (nSPS) is 17.2. The number of hydrogen-bond acceptors (Lipinski definition) is 7. The number of ether oxygens (including phenoxy) is 1. The lowest BCUT2D eigenvalue weighted by atomic mass is 9.80. The molecule has 3 aromatic rings. The average Bonchev–Trinajstić information content (AvgIpc) is 3.22. The van der Waals surface area contributed by atoms with Crippen LogP contribution in [0.2, 0.25) is 0 Å². The van der Waals surface area contributed by atoms with Crippen LogP contribution in [0.5, 0.6) is 0 Å². The smallest absolute Gasteiger partial charge is 0.412 e. The summed E-state index contributed by atoms with van der Waals surface area (Å²) in [5.74, 6) is -0.252. The van der Waals surface area contributed by atoms with Gasteiger partial charge in [-0.2, -0.15) is 4.98 Å². The predicted octanol–water partition coefficient (Wildman–Crippen LogP) is 3.98. The van der Waals surface area contributed by atoms with Gasteiger partial charge in [-0.1, -0.05) is 19.3 Å². The molecule has 1 spiro atoms. The van der Waals surface area contributed by atoms with E-state index in [4.69, 9.17) is 4.74 Å². The molecule has 1 fully saturated rings. The van der Waals surface area contributed by atoms with Crippen LogP contribution < -0.4 is 15.4 Å². The summed E-state index contributed by atoms with van der Waals surface area (Å²) in [4.78, 5) is 33.3. The van der Waals surface area contributed by atoms with E-state index < -0.39 is 21.7 Å². The predicted molar refractivity (Wildman–Crippen MR) is 138 cm³/mol. The number of rotatable bonds is 4. The van der Waals surface area contributed by atoms with E-state index in [2.05, 4.69) is 25.3 Å². The van der Waals surface area contributed by atoms with E-state index in [-0.39, 0.29) is 22.3 Å². The van der Waals surface area contributed by atoms with Gasteiger partial charge in [0.1, 0.15) is 16.9 Å². The Morgan fingerprint density at radius 1 is 1.14 bits per heavy atom. The molecule has 11 nitrogen and oxygen atoms in total. The molecule has 5 rings (SSSR count). The van der Waals surface area contributed by atoms with Crippen molar-refractivity contribution < 1.29 is 22.7 Å². The maximum atomic E-state index is 13.1. The number of hydrogen-bond donors (Lipinski definition) is 3. The van der Waals surface area contributed by atoms with Crippen molar-refractivity contribution in [2.45, 2.75) is 68.9 Å². The molecule has 2 aromatic heterocycles. The van der Waals surface area contributed by atoms with Crippen LogP contribution in [0.1, 0.15) is 63.4 Å². The number of benzene rings is 1. The highest BCUT2D eigenvalue weighted by atomic mass is 32.2. The number of carbonyl (C=O) groups is 2. The molecule has 2 amide bonds. The number of aromatic nitrogens is 3. The maximum absolute atomic E-state index is 13.1. The first-order valence-electron chi connectivity index (χ1n) is 12.3.